The summed E-state index contributed by atoms with van der Waals surface area (Å²) >= 11 is 0. The van der Waals surface area contributed by atoms with Gasteiger partial charge in [-0.25, -0.2) is 9.98 Å². The molecular formula is C35H28BF2N3O2. The van der Waals surface area contributed by atoms with Crippen LogP contribution in [0.25, 0.3) is 28.0 Å². The number of allylic oxidation sites excluding steroid dienone is 1. The first-order valence-corrected chi connectivity index (χ1v) is 14.0. The Morgan fingerprint density at radius 1 is 0.744 bits per heavy atom. The Balaban J connectivity index is 1.57. The van der Waals surface area contributed by atoms with Crippen molar-refractivity contribution >= 4 is 30.3 Å². The van der Waals surface area contributed by atoms with Crippen LogP contribution in [0.1, 0.15) is 18.1 Å². The molecule has 2 heterocycles. The van der Waals surface area contributed by atoms with E-state index in [0.29, 0.717) is 40.7 Å². The summed E-state index contributed by atoms with van der Waals surface area (Å²) < 4.78 is 41.9. The fraction of sp³-hybridized carbons (Fsp3) is 0.0857. The number of hydrogen-bond donors (Lipinski definition) is 0. The van der Waals surface area contributed by atoms with E-state index >= 15 is 0 Å². The number of aromatic nitrogens is 1. The normalized spacial score (nSPS) is 13.5. The summed E-state index contributed by atoms with van der Waals surface area (Å²) in [6.07, 6.45) is 1.95. The fourth-order valence-electron chi connectivity index (χ4n) is 5.10. The van der Waals surface area contributed by atoms with E-state index in [9.17, 15) is 8.63 Å². The van der Waals surface area contributed by atoms with Crippen molar-refractivity contribution in [1.29, 1.82) is 0 Å². The molecule has 1 aromatic heterocycles. The summed E-state index contributed by atoms with van der Waals surface area (Å²) in [5.41, 5.74) is 5.49. The zero-order valence-corrected chi connectivity index (χ0v) is 23.7. The van der Waals surface area contributed by atoms with Crippen LogP contribution in [0, 0.1) is 0 Å². The summed E-state index contributed by atoms with van der Waals surface area (Å²) in [4.78, 5) is 9.80. The Labute approximate surface area is 249 Å². The third kappa shape index (κ3) is 5.77. The Bertz CT molecular complexity index is 1810. The summed E-state index contributed by atoms with van der Waals surface area (Å²) in [6, 6.07) is 35.6. The number of nitrogens with zero attached hydrogens (tertiary/aromatic N) is 3. The van der Waals surface area contributed by atoms with E-state index < -0.39 is 7.40 Å². The molecule has 0 amide bonds. The minimum Gasteiger partial charge on any atom is -0.497 e. The number of methoxy groups -OCH3 is 1. The predicted molar refractivity (Wildman–Crippen MR) is 171 cm³/mol. The van der Waals surface area contributed by atoms with Gasteiger partial charge in [0.2, 0.25) is 0 Å². The average Bonchev–Trinajstić information content (AvgIpc) is 3.65. The van der Waals surface area contributed by atoms with Crippen LogP contribution in [0.15, 0.2) is 131 Å². The maximum Gasteiger partial charge on any atom is 0.679 e. The number of rotatable bonds is 9. The summed E-state index contributed by atoms with van der Waals surface area (Å²) in [7, 11) is -1.26. The molecule has 5 nitrogen and oxygen atoms in total. The van der Waals surface area contributed by atoms with E-state index in [0.717, 1.165) is 32.5 Å². The molecule has 6 rings (SSSR count). The molecule has 1 aliphatic rings. The van der Waals surface area contributed by atoms with E-state index in [4.69, 9.17) is 19.5 Å². The van der Waals surface area contributed by atoms with Crippen LogP contribution in [-0.2, 0) is 0 Å². The van der Waals surface area contributed by atoms with Gasteiger partial charge in [0.15, 0.2) is 5.84 Å². The number of benzene rings is 4. The largest absolute Gasteiger partial charge is 0.679 e. The van der Waals surface area contributed by atoms with Crippen LogP contribution >= 0.6 is 0 Å². The molecule has 0 bridgehead atoms. The molecule has 0 fully saturated rings. The molecule has 4 aromatic carbocycles. The average molecular weight is 571 g/mol. The van der Waals surface area contributed by atoms with Gasteiger partial charge in [0.05, 0.1) is 19.4 Å². The zero-order valence-electron chi connectivity index (χ0n) is 23.7. The molecule has 0 atom stereocenters. The van der Waals surface area contributed by atoms with Gasteiger partial charge in [0, 0.05) is 22.4 Å². The van der Waals surface area contributed by atoms with Crippen molar-refractivity contribution in [2.24, 2.45) is 9.98 Å². The minimum absolute atomic E-state index is 0.115. The van der Waals surface area contributed by atoms with Gasteiger partial charge in [0.25, 0.3) is 0 Å². The van der Waals surface area contributed by atoms with Gasteiger partial charge in [-0.05, 0) is 60.0 Å². The van der Waals surface area contributed by atoms with Crippen molar-refractivity contribution in [2.45, 2.75) is 6.92 Å². The standard InChI is InChI=1S/C35H28BF2N3O2/c1-3-43-29-20-16-24(17-21-29)30-22-32(26-10-6-4-7-11-26)39-34(30)40-35-31(25-14-18-28(42-2)19-15-25)23-33(41(35)36(37)38)27-12-8-5-9-13-27/h4-23H,3H2,1-2H3. The third-order valence-electron chi connectivity index (χ3n) is 7.18. The predicted octanol–water partition coefficient (Wildman–Crippen LogP) is 8.62. The first kappa shape index (κ1) is 27.9. The van der Waals surface area contributed by atoms with Crippen LogP contribution < -0.4 is 9.47 Å². The van der Waals surface area contributed by atoms with Crippen molar-refractivity contribution in [1.82, 2.24) is 4.48 Å². The van der Waals surface area contributed by atoms with Gasteiger partial charge in [-0.2, -0.15) is 0 Å². The van der Waals surface area contributed by atoms with Gasteiger partial charge >= 0.3 is 7.40 Å². The Morgan fingerprint density at radius 3 is 1.95 bits per heavy atom. The van der Waals surface area contributed by atoms with E-state index in [1.807, 2.05) is 110 Å². The highest BCUT2D eigenvalue weighted by Gasteiger charge is 2.30. The third-order valence-corrected chi connectivity index (χ3v) is 7.18. The van der Waals surface area contributed by atoms with Crippen molar-refractivity contribution in [3.05, 3.63) is 132 Å². The van der Waals surface area contributed by atoms with E-state index in [-0.39, 0.29) is 5.82 Å². The van der Waals surface area contributed by atoms with Crippen LogP contribution in [0.5, 0.6) is 11.5 Å². The molecule has 0 spiro atoms. The van der Waals surface area contributed by atoms with Crippen molar-refractivity contribution in [3.8, 4) is 33.9 Å². The van der Waals surface area contributed by atoms with E-state index in [2.05, 4.69) is 0 Å². The number of halogens is 2. The first-order valence-electron chi connectivity index (χ1n) is 14.0. The van der Waals surface area contributed by atoms with Gasteiger partial charge in [-0.15, -0.1) is 0 Å². The summed E-state index contributed by atoms with van der Waals surface area (Å²) in [6.45, 7) is 2.49. The van der Waals surface area contributed by atoms with E-state index in [1.165, 1.54) is 0 Å². The lowest BCUT2D eigenvalue weighted by Gasteiger charge is -2.11. The molecular weight excluding hydrogens is 543 g/mol. The molecule has 0 saturated heterocycles. The second-order valence-electron chi connectivity index (χ2n) is 9.82. The Kier molecular flexibility index (Phi) is 8.00. The summed E-state index contributed by atoms with van der Waals surface area (Å²) in [5.74, 6) is 1.87. The van der Waals surface area contributed by atoms with Crippen LogP contribution in [0.4, 0.5) is 14.4 Å². The minimum atomic E-state index is -2.85. The maximum absolute atomic E-state index is 15.0. The topological polar surface area (TPSA) is 48.1 Å². The number of aliphatic imine (C=N–C) groups is 2. The fourth-order valence-corrected chi connectivity index (χ4v) is 5.10. The van der Waals surface area contributed by atoms with E-state index in [1.54, 1.807) is 25.3 Å². The van der Waals surface area contributed by atoms with Crippen molar-refractivity contribution in [3.63, 3.8) is 0 Å². The highest BCUT2D eigenvalue weighted by atomic mass is 19.2. The van der Waals surface area contributed by atoms with Gasteiger partial charge < -0.3 is 14.0 Å². The van der Waals surface area contributed by atoms with Crippen molar-refractivity contribution in [2.75, 3.05) is 13.7 Å². The monoisotopic (exact) mass is 571 g/mol. The van der Waals surface area contributed by atoms with Gasteiger partial charge in [0.1, 0.15) is 17.3 Å². The molecule has 43 heavy (non-hydrogen) atoms. The summed E-state index contributed by atoms with van der Waals surface area (Å²) in [5, 5.41) is 0. The molecule has 1 aliphatic heterocycles. The van der Waals surface area contributed by atoms with Crippen LogP contribution in [-0.4, -0.2) is 37.1 Å². The number of hydrogen-bond acceptors (Lipinski definition) is 3. The molecule has 5 aromatic rings. The molecule has 0 N–H and O–H groups in total. The molecule has 0 aliphatic carbocycles. The molecule has 0 saturated carbocycles. The first-order chi connectivity index (χ1) is 21.1. The number of ether oxygens (including phenoxy) is 2. The molecule has 0 radical (unpaired) electrons. The lowest BCUT2D eigenvalue weighted by Crippen LogP contribution is -2.14. The zero-order chi connectivity index (χ0) is 29.8. The lowest BCUT2D eigenvalue weighted by molar-refractivity contribution is 0.340. The second kappa shape index (κ2) is 12.3. The van der Waals surface area contributed by atoms with Crippen LogP contribution in [0.3, 0.4) is 0 Å². The molecule has 8 heteroatoms. The Morgan fingerprint density at radius 2 is 1.35 bits per heavy atom. The molecule has 0 unspecified atom stereocenters. The Hall–Kier alpha value is -5.24. The molecule has 212 valence electrons. The van der Waals surface area contributed by atoms with Crippen LogP contribution in [0.2, 0.25) is 0 Å². The van der Waals surface area contributed by atoms with Crippen molar-refractivity contribution < 1.29 is 18.1 Å². The lowest BCUT2D eigenvalue weighted by atomic mass is 10.0. The quantitative estimate of drug-likeness (QED) is 0.166. The highest BCUT2D eigenvalue weighted by Crippen LogP contribution is 2.41. The van der Waals surface area contributed by atoms with Gasteiger partial charge in [-0.3, -0.25) is 8.63 Å². The second-order valence-corrected chi connectivity index (χ2v) is 9.82. The maximum atomic E-state index is 15.0. The smallest absolute Gasteiger partial charge is 0.497 e. The van der Waals surface area contributed by atoms with Gasteiger partial charge in [-0.1, -0.05) is 84.9 Å². The highest BCUT2D eigenvalue weighted by molar-refractivity contribution is 6.43. The SMILES string of the molecule is CCOc1ccc(C2=CC(c3ccccc3)=NC2=Nc2c(-c3ccc(OC)cc3)cc(-c3ccccc3)n2B(F)F)cc1. The number of amidine groups is 1.